The van der Waals surface area contributed by atoms with Crippen LogP contribution in [-0.4, -0.2) is 127 Å². The van der Waals surface area contributed by atoms with Gasteiger partial charge >= 0.3 is 65.1 Å². The number of nitrogen functional groups attached to an aromatic ring is 1. The topological polar surface area (TPSA) is 385 Å². The molecule has 3 unspecified atom stereocenters. The van der Waals surface area contributed by atoms with E-state index in [1.54, 1.807) is 0 Å². The molecule has 0 aromatic carbocycles. The largest absolute Gasteiger partial charge is 1.00 e. The first-order chi connectivity index (χ1) is 25.4. The molecule has 0 saturated carbocycles. The number of aromatic nitrogens is 7. The van der Waals surface area contributed by atoms with Crippen molar-refractivity contribution in [3.8, 4) is 0 Å². The zero-order valence-electron chi connectivity index (χ0n) is 30.4. The number of anilines is 1. The Balaban J connectivity index is 0.00000420. The molecule has 5 rings (SSSR count). The van der Waals surface area contributed by atoms with E-state index in [-0.39, 0.29) is 88.3 Å². The third-order valence-corrected chi connectivity index (χ3v) is 11.3. The van der Waals surface area contributed by atoms with Gasteiger partial charge in [-0.3, -0.25) is 32.8 Å². The molecule has 3 aromatic heterocycles. The number of H-pyrrole nitrogens is 1. The number of carboxylic acid groups (broad SMARTS) is 1. The van der Waals surface area contributed by atoms with Gasteiger partial charge < -0.3 is 60.2 Å². The average molecular weight is 857 g/mol. The predicted molar refractivity (Wildman–Crippen MR) is 172 cm³/mol. The van der Waals surface area contributed by atoms with Crippen LogP contribution < -0.4 is 80.2 Å². The van der Waals surface area contributed by atoms with Crippen LogP contribution in [0.5, 0.6) is 0 Å². The number of carbonyl (C=O) groups is 1. The number of nitrogens with two attached hydrogens (primary N) is 1. The first-order valence-electron chi connectivity index (χ1n) is 16.6. The molecule has 29 heteroatoms. The van der Waals surface area contributed by atoms with E-state index in [1.165, 1.54) is 6.20 Å². The third kappa shape index (κ3) is 12.2. The van der Waals surface area contributed by atoms with Crippen molar-refractivity contribution in [1.82, 2.24) is 34.5 Å². The Labute approximate surface area is 361 Å². The van der Waals surface area contributed by atoms with E-state index in [2.05, 4.69) is 38.6 Å². The molecule has 0 bridgehead atoms. The van der Waals surface area contributed by atoms with Gasteiger partial charge in [0.05, 0.1) is 31.1 Å². The summed E-state index contributed by atoms with van der Waals surface area (Å²) < 4.78 is 51.3. The van der Waals surface area contributed by atoms with Crippen molar-refractivity contribution in [2.45, 2.75) is 107 Å². The van der Waals surface area contributed by atoms with Crippen molar-refractivity contribution in [3.63, 3.8) is 0 Å². The molecule has 0 radical (unpaired) electrons. The number of unbranched alkanes of at least 4 members (excludes halogenated alkanes) is 3. The molecule has 12 atom stereocenters. The number of rotatable bonds is 18. The van der Waals surface area contributed by atoms with E-state index in [0.717, 1.165) is 34.8 Å². The van der Waals surface area contributed by atoms with Gasteiger partial charge in [-0.25, -0.2) is 14.0 Å². The summed E-state index contributed by atoms with van der Waals surface area (Å²) in [5, 5.41) is 69.7. The molecule has 0 amide bonds. The molecular formula is C27H40N8Na2O17P2. The van der Waals surface area contributed by atoms with E-state index >= 15 is 0 Å². The van der Waals surface area contributed by atoms with Gasteiger partial charge in [0, 0.05) is 12.6 Å². The van der Waals surface area contributed by atoms with Crippen LogP contribution in [0.25, 0.3) is 11.2 Å². The van der Waals surface area contributed by atoms with Crippen molar-refractivity contribution in [1.29, 1.82) is 0 Å². The maximum absolute atomic E-state index is 12.6. The fourth-order valence-electron chi connectivity index (χ4n) is 5.93. The summed E-state index contributed by atoms with van der Waals surface area (Å²) in [5.74, 6) is -2.05. The van der Waals surface area contributed by atoms with Gasteiger partial charge in [-0.05, 0) is 6.42 Å². The molecule has 3 aromatic rings. The first-order valence-corrected chi connectivity index (χ1v) is 19.5. The Morgan fingerprint density at radius 3 is 2.39 bits per heavy atom. The zero-order chi connectivity index (χ0) is 39.5. The fraction of sp³-hybridized carbons (Fsp3) is 0.704. The van der Waals surface area contributed by atoms with Crippen molar-refractivity contribution < 1.29 is 136 Å². The summed E-state index contributed by atoms with van der Waals surface area (Å²) in [6, 6.07) is 0. The molecule has 2 saturated heterocycles. The molecular weight excluding hydrogens is 816 g/mol. The number of imidazole rings is 1. The minimum absolute atomic E-state index is 0. The van der Waals surface area contributed by atoms with E-state index in [0.29, 0.717) is 12.8 Å². The fourth-order valence-corrected chi connectivity index (χ4v) is 8.01. The summed E-state index contributed by atoms with van der Waals surface area (Å²) in [7, 11) is -11.9. The number of phosphoric ester groups is 2. The smallest absolute Gasteiger partial charge is 0.756 e. The van der Waals surface area contributed by atoms with Crippen molar-refractivity contribution in [3.05, 3.63) is 28.6 Å². The SMILES string of the molecule is CCCCCCC(Cc1cn(C[C@@H]2O[C@H](OP(=O)([O-])OP(=O)([O-])OC[C@H]3O[C@@H](n4cnc5c(=O)[nH]c(N)nc54)[C@H](O)[C@@H]3O)[C@@H](O)[C@H](O)[C@@H]2O)nn1)C(=O)O.[Na+].[Na+]. The average Bonchev–Trinajstić information content (AvgIpc) is 3.79. The monoisotopic (exact) mass is 856 g/mol. The molecule has 0 spiro atoms. The summed E-state index contributed by atoms with van der Waals surface area (Å²) >= 11 is 0. The predicted octanol–water partition coefficient (Wildman–Crippen LogP) is -9.37. The van der Waals surface area contributed by atoms with E-state index < -0.39 is 101 Å². The second-order valence-electron chi connectivity index (χ2n) is 12.7. The first kappa shape index (κ1) is 49.1. The van der Waals surface area contributed by atoms with Gasteiger partial charge in [-0.15, -0.1) is 5.10 Å². The standard InChI is InChI=1S/C27H42N8O17P2.2Na/c1-2-3-4-5-6-12(25(42)43)7-13-8-34(33-32-13)9-14-17(36)19(38)21(40)26(50-14)51-54(46,47)52-53(44,45)48-10-15-18(37)20(39)24(49-15)35-11-29-16-22(35)30-27(28)31-23(16)41;;/h8,11-12,14-15,17-21,24,26,36-40H,2-7,9-10H2,1H3,(H,42,43)(H,44,45)(H,46,47)(H3,28,30,31,41);;/q;2*+1/p-2/t12?,14-,15+,17+,18+,19+,20+,21-,24+,26+;;/m0../s1. The van der Waals surface area contributed by atoms with Gasteiger partial charge in [0.2, 0.25) is 5.95 Å². The van der Waals surface area contributed by atoms with E-state index in [9.17, 15) is 59.1 Å². The number of nitrogens with zero attached hydrogens (tertiary/aromatic N) is 6. The molecule has 2 aliphatic heterocycles. The number of hydrogen-bond acceptors (Lipinski definition) is 21. The summed E-state index contributed by atoms with van der Waals surface area (Å²) in [6.07, 6.45) is -10.3. The van der Waals surface area contributed by atoms with Crippen LogP contribution in [0, 0.1) is 5.92 Å². The molecule has 9 N–H and O–H groups in total. The number of aromatic amines is 1. The molecule has 2 fully saturated rings. The number of aliphatic hydroxyl groups excluding tert-OH is 5. The molecule has 25 nitrogen and oxygen atoms in total. The van der Waals surface area contributed by atoms with Crippen LogP contribution >= 0.6 is 15.6 Å². The second kappa shape index (κ2) is 20.8. The van der Waals surface area contributed by atoms with Crippen LogP contribution in [0.15, 0.2) is 17.3 Å². The minimum atomic E-state index is -6.02. The van der Waals surface area contributed by atoms with Crippen molar-refractivity contribution in [2.75, 3.05) is 12.3 Å². The Kier molecular flexibility index (Phi) is 18.3. The van der Waals surface area contributed by atoms with Crippen molar-refractivity contribution >= 4 is 38.7 Å². The van der Waals surface area contributed by atoms with Crippen LogP contribution in [0.2, 0.25) is 0 Å². The van der Waals surface area contributed by atoms with Crippen molar-refractivity contribution in [2.24, 2.45) is 5.92 Å². The number of phosphoric acid groups is 2. The minimum Gasteiger partial charge on any atom is -0.756 e. The number of aliphatic hydroxyl groups is 5. The molecule has 302 valence electrons. The Morgan fingerprint density at radius 2 is 1.71 bits per heavy atom. The van der Waals surface area contributed by atoms with Gasteiger partial charge in [-0.1, -0.05) is 37.8 Å². The van der Waals surface area contributed by atoms with Crippen LogP contribution in [-0.2, 0) is 49.7 Å². The Bertz CT molecular complexity index is 1920. The van der Waals surface area contributed by atoms with Gasteiger partial charge in [0.1, 0.15) is 42.7 Å². The van der Waals surface area contributed by atoms with Gasteiger partial charge in [0.25, 0.3) is 21.2 Å². The maximum atomic E-state index is 12.6. The zero-order valence-corrected chi connectivity index (χ0v) is 36.2. The number of fused-ring (bicyclic) bond motifs is 1. The second-order valence-corrected chi connectivity index (χ2v) is 15.6. The Morgan fingerprint density at radius 1 is 1.02 bits per heavy atom. The number of aliphatic carboxylic acids is 1. The van der Waals surface area contributed by atoms with Gasteiger partial charge in [0.15, 0.2) is 23.7 Å². The summed E-state index contributed by atoms with van der Waals surface area (Å²) in [4.78, 5) is 59.0. The molecule has 56 heavy (non-hydrogen) atoms. The van der Waals surface area contributed by atoms with Gasteiger partial charge in [-0.2, -0.15) is 4.98 Å². The summed E-state index contributed by atoms with van der Waals surface area (Å²) in [5.41, 5.74) is 4.79. The van der Waals surface area contributed by atoms with Crippen LogP contribution in [0.1, 0.15) is 50.9 Å². The maximum Gasteiger partial charge on any atom is 1.00 e. The van der Waals surface area contributed by atoms with Crippen LogP contribution in [0.4, 0.5) is 5.95 Å². The number of hydrogen-bond donors (Lipinski definition) is 8. The van der Waals surface area contributed by atoms with Crippen LogP contribution in [0.3, 0.4) is 0 Å². The molecule has 5 heterocycles. The Hall–Kier alpha value is -1.26. The van der Waals surface area contributed by atoms with E-state index in [1.807, 2.05) is 6.92 Å². The van der Waals surface area contributed by atoms with E-state index in [4.69, 9.17) is 15.2 Å². The third-order valence-electron chi connectivity index (χ3n) is 8.72. The normalized spacial score (nSPS) is 29.2. The quantitative estimate of drug-likeness (QED) is 0.0334. The number of ether oxygens (including phenoxy) is 2. The summed E-state index contributed by atoms with van der Waals surface area (Å²) in [6.45, 7) is 0.505. The molecule has 2 aliphatic rings. The number of carboxylic acids is 1. The molecule has 0 aliphatic carbocycles. The number of nitrogens with one attached hydrogen (secondary N) is 1.